The minimum absolute atomic E-state index is 0.547. The average Bonchev–Trinajstić information content (AvgIpc) is 3.12. The number of guanidine groups is 1. The molecule has 0 aromatic carbocycles. The summed E-state index contributed by atoms with van der Waals surface area (Å²) in [5.74, 6) is 1.56. The Morgan fingerprint density at radius 3 is 3.20 bits per heavy atom. The fourth-order valence-corrected chi connectivity index (χ4v) is 2.35. The van der Waals surface area contributed by atoms with Gasteiger partial charge in [-0.2, -0.15) is 0 Å². The molecule has 1 aromatic heterocycles. The zero-order valence-electron chi connectivity index (χ0n) is 12.3. The van der Waals surface area contributed by atoms with Crippen molar-refractivity contribution < 1.29 is 9.26 Å². The summed E-state index contributed by atoms with van der Waals surface area (Å²) in [7, 11) is 0. The van der Waals surface area contributed by atoms with Crippen molar-refractivity contribution in [1.29, 1.82) is 0 Å². The minimum atomic E-state index is 0.547. The van der Waals surface area contributed by atoms with Gasteiger partial charge in [-0.3, -0.25) is 0 Å². The maximum atomic E-state index is 5.51. The summed E-state index contributed by atoms with van der Waals surface area (Å²) >= 11 is 0. The van der Waals surface area contributed by atoms with Crippen LogP contribution in [-0.4, -0.2) is 48.9 Å². The summed E-state index contributed by atoms with van der Waals surface area (Å²) in [6, 6.07) is 1.84. The lowest BCUT2D eigenvalue weighted by Gasteiger charge is -2.21. The summed E-state index contributed by atoms with van der Waals surface area (Å²) in [6.45, 7) is 9.20. The van der Waals surface area contributed by atoms with E-state index in [0.717, 1.165) is 50.9 Å². The van der Waals surface area contributed by atoms with Crippen molar-refractivity contribution in [3.8, 4) is 0 Å². The van der Waals surface area contributed by atoms with Crippen LogP contribution in [0.25, 0.3) is 0 Å². The molecule has 0 spiro atoms. The molecule has 6 heteroatoms. The van der Waals surface area contributed by atoms with Gasteiger partial charge in [0, 0.05) is 38.2 Å². The van der Waals surface area contributed by atoms with Crippen LogP contribution in [0.3, 0.4) is 0 Å². The van der Waals surface area contributed by atoms with Crippen LogP contribution < -0.4 is 5.32 Å². The van der Waals surface area contributed by atoms with E-state index in [4.69, 9.17) is 9.26 Å². The number of aromatic nitrogens is 1. The standard InChI is InChI=1S/C14H24N4O2/c1-3-15-14(16-9-13-6-8-20-17-13)18-7-5-12(10-18)11-19-4-2/h6,8,12H,3-5,7,9-11H2,1-2H3,(H,15,16). The Bertz CT molecular complexity index is 405. The van der Waals surface area contributed by atoms with Crippen molar-refractivity contribution in [3.05, 3.63) is 18.0 Å². The SMILES string of the molecule is CCNC(=NCc1ccon1)N1CCC(COCC)C1. The van der Waals surface area contributed by atoms with Crippen molar-refractivity contribution in [3.63, 3.8) is 0 Å². The zero-order valence-corrected chi connectivity index (χ0v) is 12.3. The topological polar surface area (TPSA) is 62.9 Å². The van der Waals surface area contributed by atoms with Gasteiger partial charge in [0.25, 0.3) is 0 Å². The molecule has 1 saturated heterocycles. The summed E-state index contributed by atoms with van der Waals surface area (Å²) < 4.78 is 10.3. The van der Waals surface area contributed by atoms with E-state index in [1.807, 2.05) is 13.0 Å². The first kappa shape index (κ1) is 14.8. The maximum absolute atomic E-state index is 5.51. The normalized spacial score (nSPS) is 19.6. The average molecular weight is 280 g/mol. The van der Waals surface area contributed by atoms with E-state index in [1.165, 1.54) is 0 Å². The second-order valence-electron chi connectivity index (χ2n) is 4.92. The molecule has 20 heavy (non-hydrogen) atoms. The molecule has 2 rings (SSSR count). The highest BCUT2D eigenvalue weighted by molar-refractivity contribution is 5.80. The highest BCUT2D eigenvalue weighted by atomic mass is 16.5. The summed E-state index contributed by atoms with van der Waals surface area (Å²) in [6.07, 6.45) is 2.74. The third-order valence-corrected chi connectivity index (χ3v) is 3.36. The van der Waals surface area contributed by atoms with Crippen LogP contribution in [0.2, 0.25) is 0 Å². The largest absolute Gasteiger partial charge is 0.381 e. The second-order valence-corrected chi connectivity index (χ2v) is 4.92. The van der Waals surface area contributed by atoms with Crippen LogP contribution in [-0.2, 0) is 11.3 Å². The molecule has 1 N–H and O–H groups in total. The molecule has 6 nitrogen and oxygen atoms in total. The monoisotopic (exact) mass is 280 g/mol. The molecule has 112 valence electrons. The second kappa shape index (κ2) is 7.89. The molecule has 1 aromatic rings. The lowest BCUT2D eigenvalue weighted by molar-refractivity contribution is 0.114. The molecule has 0 amide bonds. The number of rotatable bonds is 6. The number of nitrogens with zero attached hydrogens (tertiary/aromatic N) is 3. The van der Waals surface area contributed by atoms with Crippen LogP contribution in [0.1, 0.15) is 26.0 Å². The van der Waals surface area contributed by atoms with E-state index in [2.05, 4.69) is 27.3 Å². The molecule has 1 atom stereocenters. The van der Waals surface area contributed by atoms with Gasteiger partial charge in [0.05, 0.1) is 13.2 Å². The first-order chi connectivity index (χ1) is 9.83. The van der Waals surface area contributed by atoms with Gasteiger partial charge in [0.15, 0.2) is 5.96 Å². The third-order valence-electron chi connectivity index (χ3n) is 3.36. The predicted molar refractivity (Wildman–Crippen MR) is 77.5 cm³/mol. The molecule has 2 heterocycles. The summed E-state index contributed by atoms with van der Waals surface area (Å²) in [4.78, 5) is 6.92. The number of hydrogen-bond donors (Lipinski definition) is 1. The molecule has 0 aliphatic carbocycles. The zero-order chi connectivity index (χ0) is 14.2. The Hall–Kier alpha value is -1.56. The number of aliphatic imine (C=N–C) groups is 1. The Balaban J connectivity index is 1.89. The van der Waals surface area contributed by atoms with Crippen molar-refractivity contribution in [2.24, 2.45) is 10.9 Å². The molecule has 1 fully saturated rings. The Morgan fingerprint density at radius 1 is 1.60 bits per heavy atom. The molecule has 1 unspecified atom stereocenters. The Kier molecular flexibility index (Phi) is 5.86. The highest BCUT2D eigenvalue weighted by Gasteiger charge is 2.24. The van der Waals surface area contributed by atoms with Crippen LogP contribution in [0.5, 0.6) is 0 Å². The van der Waals surface area contributed by atoms with Crippen LogP contribution >= 0.6 is 0 Å². The van der Waals surface area contributed by atoms with Crippen molar-refractivity contribution >= 4 is 5.96 Å². The van der Waals surface area contributed by atoms with E-state index in [0.29, 0.717) is 12.5 Å². The highest BCUT2D eigenvalue weighted by Crippen LogP contribution is 2.16. The molecule has 0 saturated carbocycles. The van der Waals surface area contributed by atoms with Crippen molar-refractivity contribution in [2.45, 2.75) is 26.8 Å². The minimum Gasteiger partial charge on any atom is -0.381 e. The first-order valence-corrected chi connectivity index (χ1v) is 7.33. The van der Waals surface area contributed by atoms with E-state index in [9.17, 15) is 0 Å². The van der Waals surface area contributed by atoms with Gasteiger partial charge in [-0.05, 0) is 20.3 Å². The van der Waals surface area contributed by atoms with Gasteiger partial charge < -0.3 is 19.5 Å². The van der Waals surface area contributed by atoms with Gasteiger partial charge in [0.2, 0.25) is 0 Å². The summed E-state index contributed by atoms with van der Waals surface area (Å²) in [5.41, 5.74) is 0.852. The molecule has 1 aliphatic rings. The van der Waals surface area contributed by atoms with Gasteiger partial charge >= 0.3 is 0 Å². The Labute approximate surface area is 120 Å². The molecule has 1 aliphatic heterocycles. The number of likely N-dealkylation sites (tertiary alicyclic amines) is 1. The fourth-order valence-electron chi connectivity index (χ4n) is 2.35. The molecular formula is C14H24N4O2. The van der Waals surface area contributed by atoms with E-state index in [-0.39, 0.29) is 0 Å². The van der Waals surface area contributed by atoms with Crippen molar-refractivity contribution in [1.82, 2.24) is 15.4 Å². The lowest BCUT2D eigenvalue weighted by atomic mass is 10.1. The van der Waals surface area contributed by atoms with Crippen LogP contribution in [0.4, 0.5) is 0 Å². The third kappa shape index (κ3) is 4.23. The van der Waals surface area contributed by atoms with Gasteiger partial charge in [-0.25, -0.2) is 4.99 Å². The van der Waals surface area contributed by atoms with E-state index >= 15 is 0 Å². The smallest absolute Gasteiger partial charge is 0.194 e. The van der Waals surface area contributed by atoms with Gasteiger partial charge in [0.1, 0.15) is 12.0 Å². The first-order valence-electron chi connectivity index (χ1n) is 7.33. The fraction of sp³-hybridized carbons (Fsp3) is 0.714. The number of hydrogen-bond acceptors (Lipinski definition) is 4. The van der Waals surface area contributed by atoms with Crippen LogP contribution in [0, 0.1) is 5.92 Å². The molecular weight excluding hydrogens is 256 g/mol. The van der Waals surface area contributed by atoms with E-state index < -0.39 is 0 Å². The van der Waals surface area contributed by atoms with Crippen LogP contribution in [0.15, 0.2) is 21.8 Å². The number of ether oxygens (including phenoxy) is 1. The van der Waals surface area contributed by atoms with Gasteiger partial charge in [-0.1, -0.05) is 5.16 Å². The summed E-state index contributed by atoms with van der Waals surface area (Å²) in [5, 5.41) is 7.22. The predicted octanol–water partition coefficient (Wildman–Crippen LogP) is 1.50. The lowest BCUT2D eigenvalue weighted by Crippen LogP contribution is -2.40. The van der Waals surface area contributed by atoms with Gasteiger partial charge in [-0.15, -0.1) is 0 Å². The molecule has 0 radical (unpaired) electrons. The quantitative estimate of drug-likeness (QED) is 0.632. The van der Waals surface area contributed by atoms with Crippen molar-refractivity contribution in [2.75, 3.05) is 32.8 Å². The van der Waals surface area contributed by atoms with E-state index in [1.54, 1.807) is 6.26 Å². The maximum Gasteiger partial charge on any atom is 0.194 e. The Morgan fingerprint density at radius 2 is 2.50 bits per heavy atom. The molecule has 0 bridgehead atoms. The number of nitrogens with one attached hydrogen (secondary N) is 1.